The van der Waals surface area contributed by atoms with Crippen LogP contribution in [0.5, 0.6) is 0 Å². The Labute approximate surface area is 86.8 Å². The number of nitrogens with one attached hydrogen (secondary N) is 2. The molecule has 0 saturated carbocycles. The molecule has 84 valence electrons. The number of hydrogen-bond acceptors (Lipinski definition) is 4. The van der Waals surface area contributed by atoms with Crippen molar-refractivity contribution in [2.75, 3.05) is 0 Å². The van der Waals surface area contributed by atoms with E-state index in [-0.39, 0.29) is 11.2 Å². The minimum atomic E-state index is -0.879. The van der Waals surface area contributed by atoms with Crippen LogP contribution in [0.1, 0.15) is 0 Å². The molecular weight excluding hydrogens is 216 g/mol. The Bertz CT molecular complexity index is 804. The summed E-state index contributed by atoms with van der Waals surface area (Å²) in [5, 5.41) is 0. The third-order valence-electron chi connectivity index (χ3n) is 2.37. The highest BCUT2D eigenvalue weighted by Gasteiger charge is 2.11. The predicted molar refractivity (Wildman–Crippen MR) is 55.7 cm³/mol. The first-order valence-corrected chi connectivity index (χ1v) is 4.36. The fourth-order valence-electron chi connectivity index (χ4n) is 1.48. The van der Waals surface area contributed by atoms with E-state index in [4.69, 9.17) is 0 Å². The van der Waals surface area contributed by atoms with E-state index in [1.165, 1.54) is 14.1 Å². The summed E-state index contributed by atoms with van der Waals surface area (Å²) in [6.45, 7) is 0. The number of nitrogens with zero attached hydrogens (tertiary/aromatic N) is 2. The number of H-pyrrole nitrogens is 2. The molecule has 0 aliphatic heterocycles. The monoisotopic (exact) mass is 224 g/mol. The molecule has 0 bridgehead atoms. The van der Waals surface area contributed by atoms with Gasteiger partial charge in [-0.15, -0.1) is 0 Å². The molecule has 2 aromatic rings. The summed E-state index contributed by atoms with van der Waals surface area (Å²) in [6, 6.07) is 0. The van der Waals surface area contributed by atoms with Crippen molar-refractivity contribution >= 4 is 11.2 Å². The number of hydrogen-bond donors (Lipinski definition) is 2. The van der Waals surface area contributed by atoms with Gasteiger partial charge in [-0.05, 0) is 0 Å². The van der Waals surface area contributed by atoms with Crippen LogP contribution in [0.15, 0.2) is 19.2 Å². The van der Waals surface area contributed by atoms with E-state index in [1.54, 1.807) is 0 Å². The minimum absolute atomic E-state index is 0.0147. The van der Waals surface area contributed by atoms with Gasteiger partial charge >= 0.3 is 16.8 Å². The molecule has 0 atom stereocenters. The summed E-state index contributed by atoms with van der Waals surface area (Å²) in [5.74, 6) is 0. The molecule has 0 aliphatic carbocycles. The number of rotatable bonds is 0. The van der Waals surface area contributed by atoms with Gasteiger partial charge in [0.15, 0.2) is 5.52 Å². The number of aromatic amines is 2. The molecule has 0 radical (unpaired) electrons. The van der Waals surface area contributed by atoms with Gasteiger partial charge in [-0.3, -0.25) is 28.5 Å². The quantitative estimate of drug-likeness (QED) is 0.486. The second kappa shape index (κ2) is 3.05. The normalized spacial score (nSPS) is 10.9. The highest BCUT2D eigenvalue weighted by atomic mass is 16.2. The van der Waals surface area contributed by atoms with Gasteiger partial charge in [-0.2, -0.15) is 0 Å². The lowest BCUT2D eigenvalue weighted by Crippen LogP contribution is -2.40. The van der Waals surface area contributed by atoms with Crippen molar-refractivity contribution in [1.82, 2.24) is 19.1 Å². The fraction of sp³-hybridized carbons (Fsp3) is 0.250. The zero-order valence-electron chi connectivity index (χ0n) is 8.53. The molecule has 0 spiro atoms. The van der Waals surface area contributed by atoms with Crippen LogP contribution in [0, 0.1) is 0 Å². The van der Waals surface area contributed by atoms with E-state index < -0.39 is 22.4 Å². The van der Waals surface area contributed by atoms with Crippen LogP contribution in [0.25, 0.3) is 11.2 Å². The van der Waals surface area contributed by atoms with Gasteiger partial charge < -0.3 is 4.98 Å². The third-order valence-corrected chi connectivity index (χ3v) is 2.37. The zero-order chi connectivity index (χ0) is 12.0. The van der Waals surface area contributed by atoms with Crippen LogP contribution in [0.4, 0.5) is 0 Å². The predicted octanol–water partition coefficient (Wildman–Crippen LogP) is -2.39. The van der Waals surface area contributed by atoms with Crippen molar-refractivity contribution in [3.05, 3.63) is 41.5 Å². The van der Waals surface area contributed by atoms with E-state index in [1.807, 2.05) is 4.98 Å². The van der Waals surface area contributed by atoms with E-state index in [9.17, 15) is 19.2 Å². The van der Waals surface area contributed by atoms with Crippen molar-refractivity contribution in [1.29, 1.82) is 0 Å². The smallest absolute Gasteiger partial charge is 0.302 e. The van der Waals surface area contributed by atoms with Gasteiger partial charge in [0.05, 0.1) is 0 Å². The van der Waals surface area contributed by atoms with E-state index in [2.05, 4.69) is 4.98 Å². The molecule has 16 heavy (non-hydrogen) atoms. The molecule has 0 saturated heterocycles. The van der Waals surface area contributed by atoms with Gasteiger partial charge in [0, 0.05) is 14.1 Å². The van der Waals surface area contributed by atoms with Crippen LogP contribution in [-0.4, -0.2) is 19.1 Å². The van der Waals surface area contributed by atoms with Crippen molar-refractivity contribution < 1.29 is 0 Å². The lowest BCUT2D eigenvalue weighted by molar-refractivity contribution is 0.784. The van der Waals surface area contributed by atoms with E-state index in [0.29, 0.717) is 0 Å². The summed E-state index contributed by atoms with van der Waals surface area (Å²) in [6.07, 6.45) is 0. The molecule has 0 fully saturated rings. The highest BCUT2D eigenvalue weighted by molar-refractivity contribution is 5.68. The second-order valence-electron chi connectivity index (χ2n) is 3.33. The maximum atomic E-state index is 11.5. The average Bonchev–Trinajstić information content (AvgIpc) is 2.22. The molecule has 2 rings (SSSR count). The standard InChI is InChI=1S/C8H8N4O4/c1-11-3-4(9-6(14)7(11)15)12(2)8(16)10-5(3)13/h1-2H3,(H,9,14)(H,10,13,16). The van der Waals surface area contributed by atoms with Gasteiger partial charge in [0.1, 0.15) is 5.65 Å². The SMILES string of the molecule is Cn1c(=O)[nH]c(=O)c2c1[nH]c(=O)c(=O)n2C. The van der Waals surface area contributed by atoms with Crippen LogP contribution in [0.3, 0.4) is 0 Å². The lowest BCUT2D eigenvalue weighted by Gasteiger charge is -2.05. The molecule has 0 unspecified atom stereocenters. The Morgan fingerprint density at radius 1 is 0.875 bits per heavy atom. The number of aryl methyl sites for hydroxylation is 2. The van der Waals surface area contributed by atoms with Crippen molar-refractivity contribution in [3.63, 3.8) is 0 Å². The minimum Gasteiger partial charge on any atom is -0.302 e. The van der Waals surface area contributed by atoms with Crippen LogP contribution in [-0.2, 0) is 14.1 Å². The molecule has 0 aromatic carbocycles. The molecule has 8 heteroatoms. The van der Waals surface area contributed by atoms with Gasteiger partial charge in [0.25, 0.3) is 5.56 Å². The summed E-state index contributed by atoms with van der Waals surface area (Å²) in [4.78, 5) is 49.5. The summed E-state index contributed by atoms with van der Waals surface area (Å²) < 4.78 is 1.96. The zero-order valence-corrected chi connectivity index (χ0v) is 8.53. The Morgan fingerprint density at radius 3 is 2.12 bits per heavy atom. The summed E-state index contributed by atoms with van der Waals surface area (Å²) in [5.41, 5.74) is -3.14. The Kier molecular flexibility index (Phi) is 1.94. The van der Waals surface area contributed by atoms with Crippen LogP contribution >= 0.6 is 0 Å². The first kappa shape index (κ1) is 10.1. The highest BCUT2D eigenvalue weighted by Crippen LogP contribution is 1.95. The maximum Gasteiger partial charge on any atom is 0.329 e. The van der Waals surface area contributed by atoms with Gasteiger partial charge in [-0.1, -0.05) is 0 Å². The first-order valence-electron chi connectivity index (χ1n) is 4.36. The van der Waals surface area contributed by atoms with E-state index >= 15 is 0 Å². The molecular formula is C8H8N4O4. The molecule has 2 heterocycles. The molecule has 8 nitrogen and oxygen atoms in total. The van der Waals surface area contributed by atoms with Gasteiger partial charge in [0.2, 0.25) is 0 Å². The lowest BCUT2D eigenvalue weighted by atomic mass is 10.4. The largest absolute Gasteiger partial charge is 0.329 e. The van der Waals surface area contributed by atoms with E-state index in [0.717, 1.165) is 9.13 Å². The molecule has 2 aromatic heterocycles. The Hall–Kier alpha value is -2.38. The maximum absolute atomic E-state index is 11.5. The summed E-state index contributed by atoms with van der Waals surface area (Å²) in [7, 11) is 2.67. The first-order chi connectivity index (χ1) is 7.43. The molecule has 0 amide bonds. The Morgan fingerprint density at radius 2 is 1.50 bits per heavy atom. The van der Waals surface area contributed by atoms with Crippen LogP contribution in [0.2, 0.25) is 0 Å². The van der Waals surface area contributed by atoms with Crippen molar-refractivity contribution in [2.24, 2.45) is 14.1 Å². The third kappa shape index (κ3) is 1.16. The summed E-state index contributed by atoms with van der Waals surface area (Å²) >= 11 is 0. The second-order valence-corrected chi connectivity index (χ2v) is 3.33. The number of aromatic nitrogens is 4. The Balaban J connectivity index is 3.34. The number of fused-ring (bicyclic) bond motifs is 1. The average molecular weight is 224 g/mol. The topological polar surface area (TPSA) is 110 Å². The van der Waals surface area contributed by atoms with Crippen LogP contribution < -0.4 is 22.4 Å². The van der Waals surface area contributed by atoms with Crippen molar-refractivity contribution in [3.8, 4) is 0 Å². The fourth-order valence-corrected chi connectivity index (χ4v) is 1.48. The van der Waals surface area contributed by atoms with Crippen molar-refractivity contribution in [2.45, 2.75) is 0 Å². The van der Waals surface area contributed by atoms with Gasteiger partial charge in [-0.25, -0.2) is 4.79 Å². The molecule has 0 aliphatic rings. The molecule has 2 N–H and O–H groups in total.